The number of carbonyl (C=O) groups is 2. The normalized spacial score (nSPS) is 13.5. The van der Waals surface area contributed by atoms with Gasteiger partial charge in [0.2, 0.25) is 0 Å². The van der Waals surface area contributed by atoms with Crippen LogP contribution in [-0.4, -0.2) is 24.3 Å². The van der Waals surface area contributed by atoms with E-state index in [9.17, 15) is 9.59 Å². The third kappa shape index (κ3) is 3.62. The summed E-state index contributed by atoms with van der Waals surface area (Å²) in [5.41, 5.74) is 0. The van der Waals surface area contributed by atoms with Crippen LogP contribution < -0.4 is 0 Å². The molecule has 0 N–H and O–H groups in total. The molecule has 1 atom stereocenters. The van der Waals surface area contributed by atoms with Crippen LogP contribution in [0, 0.1) is 5.92 Å². The van der Waals surface area contributed by atoms with Crippen LogP contribution in [0.4, 0.5) is 0 Å². The van der Waals surface area contributed by atoms with Crippen molar-refractivity contribution >= 4 is 12.1 Å². The van der Waals surface area contributed by atoms with Crippen LogP contribution in [0.5, 0.6) is 0 Å². The largest absolute Gasteiger partial charge is 0.360 e. The van der Waals surface area contributed by atoms with Crippen LogP contribution in [0.2, 0.25) is 0 Å². The van der Waals surface area contributed by atoms with Gasteiger partial charge in [0.05, 0.1) is 6.10 Å². The molecule has 0 aliphatic heterocycles. The molecule has 12 heavy (non-hydrogen) atoms. The highest BCUT2D eigenvalue weighted by molar-refractivity contribution is 5.97. The molecule has 0 radical (unpaired) electrons. The van der Waals surface area contributed by atoms with E-state index < -0.39 is 6.10 Å². The predicted octanol–water partition coefficient (Wildman–Crippen LogP) is 1.20. The zero-order valence-corrected chi connectivity index (χ0v) is 8.03. The van der Waals surface area contributed by atoms with Crippen LogP contribution in [-0.2, 0) is 14.3 Å². The van der Waals surface area contributed by atoms with E-state index in [1.165, 1.54) is 0 Å². The zero-order chi connectivity index (χ0) is 9.72. The highest BCUT2D eigenvalue weighted by Crippen LogP contribution is 2.04. The van der Waals surface area contributed by atoms with Crippen LogP contribution in [0.15, 0.2) is 0 Å². The lowest BCUT2D eigenvalue weighted by atomic mass is 10.1. The van der Waals surface area contributed by atoms with E-state index in [4.69, 9.17) is 4.74 Å². The molecule has 3 heteroatoms. The first kappa shape index (κ1) is 11.3. The molecule has 0 aliphatic rings. The summed E-state index contributed by atoms with van der Waals surface area (Å²) < 4.78 is 5.10. The van der Waals surface area contributed by atoms with Crippen molar-refractivity contribution in [2.24, 2.45) is 5.92 Å². The molecule has 70 valence electrons. The van der Waals surface area contributed by atoms with Gasteiger partial charge in [0.1, 0.15) is 0 Å². The third-order valence-corrected chi connectivity index (χ3v) is 1.39. The minimum Gasteiger partial charge on any atom is -0.360 e. The second-order valence-electron chi connectivity index (χ2n) is 3.30. The minimum absolute atomic E-state index is 0.0945. The highest BCUT2D eigenvalue weighted by atomic mass is 16.5. The van der Waals surface area contributed by atoms with Gasteiger partial charge in [-0.3, -0.25) is 9.59 Å². The molecule has 0 rings (SSSR count). The molecule has 0 aromatic rings. The first-order chi connectivity index (χ1) is 5.49. The zero-order valence-electron chi connectivity index (χ0n) is 8.03. The smallest absolute Gasteiger partial charge is 0.171 e. The number of hydrogen-bond acceptors (Lipinski definition) is 3. The van der Waals surface area contributed by atoms with Crippen molar-refractivity contribution in [3.8, 4) is 0 Å². The van der Waals surface area contributed by atoms with Gasteiger partial charge in [-0.15, -0.1) is 0 Å². The average Bonchev–Trinajstić information content (AvgIpc) is 1.98. The average molecular weight is 172 g/mol. The van der Waals surface area contributed by atoms with Crippen LogP contribution in [0.1, 0.15) is 27.7 Å². The van der Waals surface area contributed by atoms with Crippen LogP contribution in [0.3, 0.4) is 0 Å². The van der Waals surface area contributed by atoms with Gasteiger partial charge in [0.15, 0.2) is 18.2 Å². The van der Waals surface area contributed by atoms with Gasteiger partial charge in [-0.2, -0.15) is 0 Å². The van der Waals surface area contributed by atoms with Crippen molar-refractivity contribution < 1.29 is 14.3 Å². The quantitative estimate of drug-likeness (QED) is 0.462. The molecule has 0 heterocycles. The van der Waals surface area contributed by atoms with E-state index in [1.54, 1.807) is 27.7 Å². The number of hydrogen-bond donors (Lipinski definition) is 0. The standard InChI is InChI=1S/C9H16O3/c1-6(2)9(11)8(5-10)12-7(3)4/h5-8H,1-4H3. The van der Waals surface area contributed by atoms with Crippen LogP contribution in [0.25, 0.3) is 0 Å². The second-order valence-corrected chi connectivity index (χ2v) is 3.30. The molecular weight excluding hydrogens is 156 g/mol. The van der Waals surface area contributed by atoms with E-state index in [0.717, 1.165) is 0 Å². The summed E-state index contributed by atoms with van der Waals surface area (Å²) in [5.74, 6) is -0.308. The maximum Gasteiger partial charge on any atom is 0.171 e. The summed E-state index contributed by atoms with van der Waals surface area (Å²) >= 11 is 0. The van der Waals surface area contributed by atoms with Gasteiger partial charge in [-0.05, 0) is 13.8 Å². The molecule has 0 amide bonds. The monoisotopic (exact) mass is 172 g/mol. The van der Waals surface area contributed by atoms with Crippen molar-refractivity contribution in [2.75, 3.05) is 0 Å². The SMILES string of the molecule is CC(C)OC(C=O)C(=O)C(C)C. The topological polar surface area (TPSA) is 43.4 Å². The van der Waals surface area contributed by atoms with Crippen molar-refractivity contribution in [1.82, 2.24) is 0 Å². The molecule has 0 aromatic carbocycles. The lowest BCUT2D eigenvalue weighted by molar-refractivity contribution is -0.141. The van der Waals surface area contributed by atoms with E-state index in [2.05, 4.69) is 0 Å². The lowest BCUT2D eigenvalue weighted by Gasteiger charge is -2.15. The van der Waals surface area contributed by atoms with E-state index in [-0.39, 0.29) is 17.8 Å². The van der Waals surface area contributed by atoms with Gasteiger partial charge >= 0.3 is 0 Å². The van der Waals surface area contributed by atoms with E-state index >= 15 is 0 Å². The third-order valence-electron chi connectivity index (χ3n) is 1.39. The van der Waals surface area contributed by atoms with Crippen molar-refractivity contribution in [2.45, 2.75) is 39.9 Å². The Hall–Kier alpha value is -0.700. The Balaban J connectivity index is 4.15. The predicted molar refractivity (Wildman–Crippen MR) is 45.9 cm³/mol. The van der Waals surface area contributed by atoms with E-state index in [0.29, 0.717) is 6.29 Å². The molecule has 0 bridgehead atoms. The van der Waals surface area contributed by atoms with E-state index in [1.807, 2.05) is 0 Å². The van der Waals surface area contributed by atoms with Gasteiger partial charge in [0.25, 0.3) is 0 Å². The Morgan fingerprint density at radius 2 is 1.75 bits per heavy atom. The maximum atomic E-state index is 11.3. The minimum atomic E-state index is -0.884. The second kappa shape index (κ2) is 5.04. The molecule has 3 nitrogen and oxygen atoms in total. The van der Waals surface area contributed by atoms with Crippen molar-refractivity contribution in [1.29, 1.82) is 0 Å². The summed E-state index contributed by atoms with van der Waals surface area (Å²) in [7, 11) is 0. The first-order valence-electron chi connectivity index (χ1n) is 4.13. The summed E-state index contributed by atoms with van der Waals surface area (Å²) in [4.78, 5) is 21.7. The summed E-state index contributed by atoms with van der Waals surface area (Å²) in [6, 6.07) is 0. The molecule has 0 aliphatic carbocycles. The molecule has 0 fully saturated rings. The Bertz CT molecular complexity index is 161. The number of Topliss-reactive ketones (excluding diaryl/α,β-unsaturated/α-hetero) is 1. The van der Waals surface area contributed by atoms with Gasteiger partial charge < -0.3 is 4.74 Å². The molecule has 0 spiro atoms. The van der Waals surface area contributed by atoms with Crippen molar-refractivity contribution in [3.63, 3.8) is 0 Å². The molecular formula is C9H16O3. The highest BCUT2D eigenvalue weighted by Gasteiger charge is 2.21. The number of aldehydes is 1. The Labute approximate surface area is 73.1 Å². The fourth-order valence-corrected chi connectivity index (χ4v) is 0.788. The Morgan fingerprint density at radius 3 is 2.00 bits per heavy atom. The fraction of sp³-hybridized carbons (Fsp3) is 0.778. The number of ether oxygens (including phenoxy) is 1. The van der Waals surface area contributed by atoms with Gasteiger partial charge in [-0.1, -0.05) is 13.8 Å². The fourth-order valence-electron chi connectivity index (χ4n) is 0.788. The van der Waals surface area contributed by atoms with Crippen LogP contribution >= 0.6 is 0 Å². The first-order valence-corrected chi connectivity index (χ1v) is 4.13. The maximum absolute atomic E-state index is 11.3. The summed E-state index contributed by atoms with van der Waals surface area (Å²) in [6.45, 7) is 7.10. The number of carbonyl (C=O) groups excluding carboxylic acids is 2. The molecule has 0 saturated heterocycles. The van der Waals surface area contributed by atoms with Crippen molar-refractivity contribution in [3.05, 3.63) is 0 Å². The van der Waals surface area contributed by atoms with Gasteiger partial charge in [0, 0.05) is 5.92 Å². The number of ketones is 1. The summed E-state index contributed by atoms with van der Waals surface area (Å²) in [5, 5.41) is 0. The molecule has 0 aromatic heterocycles. The Kier molecular flexibility index (Phi) is 4.74. The lowest BCUT2D eigenvalue weighted by Crippen LogP contribution is -2.31. The summed E-state index contributed by atoms with van der Waals surface area (Å²) in [6.07, 6.45) is -0.421. The molecule has 1 unspecified atom stereocenters. The number of rotatable bonds is 5. The molecule has 0 saturated carbocycles. The Morgan fingerprint density at radius 1 is 1.25 bits per heavy atom. The van der Waals surface area contributed by atoms with Gasteiger partial charge in [-0.25, -0.2) is 0 Å².